The molecule has 2 aromatic heterocycles. The number of nitrogens with zero attached hydrogens (tertiary/aromatic N) is 4. The molecule has 1 saturated heterocycles. The molecule has 0 radical (unpaired) electrons. The van der Waals surface area contributed by atoms with Crippen molar-refractivity contribution >= 4 is 32.6 Å². The second-order valence-electron chi connectivity index (χ2n) is 6.39. The van der Waals surface area contributed by atoms with E-state index in [1.807, 2.05) is 32.0 Å². The van der Waals surface area contributed by atoms with Crippen LogP contribution in [0.1, 0.15) is 17.9 Å². The van der Waals surface area contributed by atoms with Crippen LogP contribution in [0.2, 0.25) is 0 Å². The zero-order valence-electron chi connectivity index (χ0n) is 14.4. The van der Waals surface area contributed by atoms with Crippen LogP contribution in [-0.2, 0) is 4.79 Å². The van der Waals surface area contributed by atoms with Crippen LogP contribution in [0.4, 0.5) is 5.13 Å². The minimum absolute atomic E-state index is 0.0827. The van der Waals surface area contributed by atoms with Gasteiger partial charge in [0, 0.05) is 24.2 Å². The van der Waals surface area contributed by atoms with E-state index in [1.54, 1.807) is 4.90 Å². The normalized spacial score (nSPS) is 16.8. The number of amides is 1. The number of thiazole rings is 1. The number of benzene rings is 1. The Balaban J connectivity index is 1.64. The van der Waals surface area contributed by atoms with Crippen molar-refractivity contribution in [3.8, 4) is 17.3 Å². The number of nitriles is 1. The van der Waals surface area contributed by atoms with E-state index < -0.39 is 0 Å². The average Bonchev–Trinajstić information content (AvgIpc) is 3.33. The molecule has 1 aromatic carbocycles. The minimum Gasteiger partial charge on any atom is -0.361 e. The Kier molecular flexibility index (Phi) is 4.09. The third kappa shape index (κ3) is 2.80. The molecule has 1 N–H and O–H groups in total. The van der Waals surface area contributed by atoms with Gasteiger partial charge in [0.2, 0.25) is 5.91 Å². The fraction of sp³-hybridized carbons (Fsp3) is 0.333. The number of likely N-dealkylation sites (tertiary alicyclic amines) is 1. The van der Waals surface area contributed by atoms with Gasteiger partial charge >= 0.3 is 0 Å². The molecular weight excluding hydrogens is 350 g/mol. The summed E-state index contributed by atoms with van der Waals surface area (Å²) in [6.07, 6.45) is 2.78. The molecule has 3 aromatic rings. The van der Waals surface area contributed by atoms with Crippen molar-refractivity contribution in [3.63, 3.8) is 0 Å². The van der Waals surface area contributed by atoms with Crippen LogP contribution in [-0.4, -0.2) is 34.0 Å². The average molecular weight is 367 g/mol. The van der Waals surface area contributed by atoms with Crippen LogP contribution in [0.3, 0.4) is 0 Å². The molecule has 26 heavy (non-hydrogen) atoms. The van der Waals surface area contributed by atoms with E-state index in [1.165, 1.54) is 11.3 Å². The summed E-state index contributed by atoms with van der Waals surface area (Å²) in [5, 5.41) is 16.4. The molecule has 4 rings (SSSR count). The zero-order valence-corrected chi connectivity index (χ0v) is 15.3. The highest BCUT2D eigenvalue weighted by Gasteiger charge is 2.28. The van der Waals surface area contributed by atoms with Gasteiger partial charge in [-0.25, -0.2) is 4.98 Å². The van der Waals surface area contributed by atoms with Gasteiger partial charge < -0.3 is 14.7 Å². The number of anilines is 1. The zero-order chi connectivity index (χ0) is 18.3. The summed E-state index contributed by atoms with van der Waals surface area (Å²) in [6, 6.07) is 5.94. The van der Waals surface area contributed by atoms with Gasteiger partial charge in [0.1, 0.15) is 5.76 Å². The predicted molar refractivity (Wildman–Crippen MR) is 98.5 cm³/mol. The number of nitrogens with one attached hydrogen (secondary N) is 1. The van der Waals surface area contributed by atoms with Crippen molar-refractivity contribution in [2.24, 2.45) is 5.92 Å². The number of hydrogen-bond acceptors (Lipinski definition) is 7. The number of carbonyl (C=O) groups excluding carboxylic acids is 1. The Morgan fingerprint density at radius 3 is 3.00 bits per heavy atom. The lowest BCUT2D eigenvalue weighted by Crippen LogP contribution is -2.25. The molecule has 7 nitrogen and oxygen atoms in total. The first-order valence-electron chi connectivity index (χ1n) is 8.35. The summed E-state index contributed by atoms with van der Waals surface area (Å²) < 4.78 is 6.27. The van der Waals surface area contributed by atoms with Gasteiger partial charge in [0.25, 0.3) is 0 Å². The number of rotatable bonds is 3. The maximum atomic E-state index is 12.5. The molecule has 1 fully saturated rings. The number of hydrogen-bond donors (Lipinski definition) is 1. The van der Waals surface area contributed by atoms with Crippen molar-refractivity contribution in [2.75, 3.05) is 18.4 Å². The van der Waals surface area contributed by atoms with Gasteiger partial charge in [-0.1, -0.05) is 28.6 Å². The monoisotopic (exact) mass is 367 g/mol. The standard InChI is InChI=1S/C18H17N5O2S/c1-10-15(11(2)25-22-10)13-4-3-5-14-16(13)20-18(26-14)21-17(24)12-6-7-23(8-12)9-19/h3-5,12H,6-8H2,1-2H3,(H,20,21,24). The third-order valence-corrected chi connectivity index (χ3v) is 5.59. The maximum absolute atomic E-state index is 12.5. The molecule has 0 saturated carbocycles. The van der Waals surface area contributed by atoms with E-state index in [-0.39, 0.29) is 11.8 Å². The van der Waals surface area contributed by atoms with Gasteiger partial charge in [-0.3, -0.25) is 4.79 Å². The summed E-state index contributed by atoms with van der Waals surface area (Å²) in [7, 11) is 0. The second kappa shape index (κ2) is 6.42. The molecule has 132 valence electrons. The summed E-state index contributed by atoms with van der Waals surface area (Å²) in [6.45, 7) is 4.88. The molecule has 0 aliphatic carbocycles. The highest BCUT2D eigenvalue weighted by Crippen LogP contribution is 2.36. The Hall–Kier alpha value is -2.92. The van der Waals surface area contributed by atoms with Crippen LogP contribution in [0, 0.1) is 31.2 Å². The Morgan fingerprint density at radius 2 is 2.31 bits per heavy atom. The van der Waals surface area contributed by atoms with E-state index in [0.29, 0.717) is 24.6 Å². The van der Waals surface area contributed by atoms with Gasteiger partial charge in [0.15, 0.2) is 11.3 Å². The summed E-state index contributed by atoms with van der Waals surface area (Å²) >= 11 is 1.44. The van der Waals surface area contributed by atoms with Crippen LogP contribution < -0.4 is 5.32 Å². The molecule has 1 unspecified atom stereocenters. The van der Waals surface area contributed by atoms with Gasteiger partial charge in [-0.2, -0.15) is 5.26 Å². The molecule has 0 spiro atoms. The van der Waals surface area contributed by atoms with Crippen molar-refractivity contribution in [1.29, 1.82) is 5.26 Å². The van der Waals surface area contributed by atoms with E-state index in [9.17, 15) is 4.79 Å². The second-order valence-corrected chi connectivity index (χ2v) is 7.42. The van der Waals surface area contributed by atoms with Crippen LogP contribution >= 0.6 is 11.3 Å². The van der Waals surface area contributed by atoms with Gasteiger partial charge in [-0.15, -0.1) is 0 Å². The van der Waals surface area contributed by atoms with E-state index >= 15 is 0 Å². The summed E-state index contributed by atoms with van der Waals surface area (Å²) in [5.74, 6) is 0.487. The first-order valence-corrected chi connectivity index (χ1v) is 9.17. The van der Waals surface area contributed by atoms with E-state index in [0.717, 1.165) is 32.8 Å². The molecule has 1 amide bonds. The third-order valence-electron chi connectivity index (χ3n) is 4.65. The van der Waals surface area contributed by atoms with Crippen molar-refractivity contribution < 1.29 is 9.32 Å². The summed E-state index contributed by atoms with van der Waals surface area (Å²) in [5.41, 5.74) is 3.54. The van der Waals surface area contributed by atoms with Crippen molar-refractivity contribution in [3.05, 3.63) is 29.7 Å². The Bertz CT molecular complexity index is 1010. The Labute approximate surface area is 154 Å². The van der Waals surface area contributed by atoms with Crippen LogP contribution in [0.15, 0.2) is 22.7 Å². The smallest absolute Gasteiger partial charge is 0.231 e. The van der Waals surface area contributed by atoms with Crippen molar-refractivity contribution in [2.45, 2.75) is 20.3 Å². The topological polar surface area (TPSA) is 95.0 Å². The predicted octanol–water partition coefficient (Wildman–Crippen LogP) is 3.31. The molecule has 1 atom stereocenters. The fourth-order valence-corrected chi connectivity index (χ4v) is 4.24. The van der Waals surface area contributed by atoms with Crippen molar-refractivity contribution in [1.82, 2.24) is 15.0 Å². The molecule has 0 bridgehead atoms. The van der Waals surface area contributed by atoms with Gasteiger partial charge in [0.05, 0.1) is 21.8 Å². The number of carbonyl (C=O) groups is 1. The van der Waals surface area contributed by atoms with E-state index in [2.05, 4.69) is 21.7 Å². The maximum Gasteiger partial charge on any atom is 0.231 e. The minimum atomic E-state index is -0.177. The number of aromatic nitrogens is 2. The number of aryl methyl sites for hydroxylation is 2. The number of para-hydroxylation sites is 1. The first kappa shape index (κ1) is 16.5. The lowest BCUT2D eigenvalue weighted by molar-refractivity contribution is -0.119. The molecular formula is C18H17N5O2S. The highest BCUT2D eigenvalue weighted by atomic mass is 32.1. The summed E-state index contributed by atoms with van der Waals surface area (Å²) in [4.78, 5) is 18.7. The fourth-order valence-electron chi connectivity index (χ4n) is 3.34. The SMILES string of the molecule is Cc1noc(C)c1-c1cccc2sc(NC(=O)C3CCN(C#N)C3)nc12. The lowest BCUT2D eigenvalue weighted by Gasteiger charge is -2.08. The number of fused-ring (bicyclic) bond motifs is 1. The van der Waals surface area contributed by atoms with Crippen LogP contribution in [0.25, 0.3) is 21.3 Å². The molecule has 3 heterocycles. The first-order chi connectivity index (χ1) is 12.6. The molecule has 8 heteroatoms. The van der Waals surface area contributed by atoms with Crippen LogP contribution in [0.5, 0.6) is 0 Å². The molecule has 1 aliphatic rings. The quantitative estimate of drug-likeness (QED) is 0.714. The molecule has 1 aliphatic heterocycles. The Morgan fingerprint density at radius 1 is 1.46 bits per heavy atom. The van der Waals surface area contributed by atoms with E-state index in [4.69, 9.17) is 9.78 Å². The lowest BCUT2D eigenvalue weighted by atomic mass is 10.0. The van der Waals surface area contributed by atoms with Gasteiger partial charge in [-0.05, 0) is 26.3 Å². The largest absolute Gasteiger partial charge is 0.361 e. The highest BCUT2D eigenvalue weighted by molar-refractivity contribution is 7.22.